The third kappa shape index (κ3) is 5.52. The molecule has 0 unspecified atom stereocenters. The van der Waals surface area contributed by atoms with Crippen LogP contribution in [0.2, 0.25) is 0 Å². The van der Waals surface area contributed by atoms with Crippen LogP contribution in [0, 0.1) is 0 Å². The molecule has 0 radical (unpaired) electrons. The molecule has 0 aliphatic heterocycles. The fourth-order valence-electron chi connectivity index (χ4n) is 8.86. The molecule has 0 saturated heterocycles. The maximum Gasteiger partial charge on any atom is 0.164 e. The normalized spacial score (nSPS) is 11.7. The number of rotatable bonds is 6. The maximum atomic E-state index is 6.85. The van der Waals surface area contributed by atoms with Crippen molar-refractivity contribution in [2.45, 2.75) is 0 Å². The molecule has 3 aromatic heterocycles. The summed E-state index contributed by atoms with van der Waals surface area (Å²) in [7, 11) is 0. The average molecular weight is 767 g/mol. The third-order valence-electron chi connectivity index (χ3n) is 11.7. The first kappa shape index (κ1) is 33.9. The van der Waals surface area contributed by atoms with Crippen LogP contribution < -0.4 is 0 Å². The van der Waals surface area contributed by atoms with Gasteiger partial charge < -0.3 is 8.98 Å². The minimum atomic E-state index is 0.579. The molecule has 0 N–H and O–H groups in total. The van der Waals surface area contributed by atoms with E-state index in [9.17, 15) is 0 Å². The Balaban J connectivity index is 1.09. The van der Waals surface area contributed by atoms with Crippen molar-refractivity contribution < 1.29 is 4.42 Å². The maximum absolute atomic E-state index is 6.85. The van der Waals surface area contributed by atoms with Crippen molar-refractivity contribution in [2.75, 3.05) is 0 Å². The van der Waals surface area contributed by atoms with E-state index in [-0.39, 0.29) is 0 Å². The van der Waals surface area contributed by atoms with Crippen LogP contribution in [0.1, 0.15) is 0 Å². The lowest BCUT2D eigenvalue weighted by molar-refractivity contribution is 0.670. The van der Waals surface area contributed by atoms with E-state index in [0.717, 1.165) is 93.8 Å². The number of para-hydroxylation sites is 3. The first-order valence-corrected chi connectivity index (χ1v) is 20.2. The predicted molar refractivity (Wildman–Crippen MR) is 246 cm³/mol. The van der Waals surface area contributed by atoms with Crippen molar-refractivity contribution >= 4 is 54.5 Å². The van der Waals surface area contributed by atoms with E-state index in [4.69, 9.17) is 19.4 Å². The molecule has 9 aromatic carbocycles. The van der Waals surface area contributed by atoms with E-state index in [1.807, 2.05) is 12.1 Å². The van der Waals surface area contributed by atoms with Gasteiger partial charge in [0, 0.05) is 49.5 Å². The summed E-state index contributed by atoms with van der Waals surface area (Å²) >= 11 is 0. The van der Waals surface area contributed by atoms with Gasteiger partial charge in [-0.3, -0.25) is 0 Å². The van der Waals surface area contributed by atoms with Crippen LogP contribution in [0.25, 0.3) is 117 Å². The number of hydrogen-bond donors (Lipinski definition) is 0. The van der Waals surface area contributed by atoms with Crippen LogP contribution in [0.4, 0.5) is 0 Å². The summed E-state index contributed by atoms with van der Waals surface area (Å²) in [5.41, 5.74) is 12.2. The van der Waals surface area contributed by atoms with E-state index in [2.05, 4.69) is 199 Å². The van der Waals surface area contributed by atoms with Crippen molar-refractivity contribution in [2.24, 2.45) is 0 Å². The first-order valence-electron chi connectivity index (χ1n) is 20.2. The van der Waals surface area contributed by atoms with Gasteiger partial charge in [-0.1, -0.05) is 164 Å². The zero-order chi connectivity index (χ0) is 39.6. The SMILES string of the molecule is c1ccc(-c2ccc(-c3nc(-c4ccc5c(c4)c4ccccc4n5-c4ccccc4)nc(-c4cc5oc6c(-c7ccccc7)cccc6c5c5ccccc45)n3)cc2)cc1. The average Bonchev–Trinajstić information content (AvgIpc) is 3.88. The van der Waals surface area contributed by atoms with Crippen LogP contribution in [0.15, 0.2) is 211 Å². The van der Waals surface area contributed by atoms with Gasteiger partial charge in [-0.25, -0.2) is 15.0 Å². The highest BCUT2D eigenvalue weighted by Gasteiger charge is 2.21. The summed E-state index contributed by atoms with van der Waals surface area (Å²) in [5.74, 6) is 1.78. The second kappa shape index (κ2) is 13.8. The van der Waals surface area contributed by atoms with E-state index >= 15 is 0 Å². The number of furan rings is 1. The fourth-order valence-corrected chi connectivity index (χ4v) is 8.86. The molecule has 3 heterocycles. The zero-order valence-corrected chi connectivity index (χ0v) is 32.3. The fraction of sp³-hybridized carbons (Fsp3) is 0. The molecule has 0 saturated carbocycles. The molecule has 280 valence electrons. The second-order valence-corrected chi connectivity index (χ2v) is 15.2. The Morgan fingerprint density at radius 2 is 0.883 bits per heavy atom. The van der Waals surface area contributed by atoms with E-state index in [0.29, 0.717) is 17.5 Å². The highest BCUT2D eigenvalue weighted by molar-refractivity contribution is 6.23. The minimum Gasteiger partial charge on any atom is -0.455 e. The van der Waals surface area contributed by atoms with Crippen LogP contribution in [0.5, 0.6) is 0 Å². The van der Waals surface area contributed by atoms with Crippen LogP contribution in [-0.2, 0) is 0 Å². The summed E-state index contributed by atoms with van der Waals surface area (Å²) in [6.07, 6.45) is 0. The highest BCUT2D eigenvalue weighted by Crippen LogP contribution is 2.43. The quantitative estimate of drug-likeness (QED) is 0.169. The van der Waals surface area contributed by atoms with Crippen molar-refractivity contribution in [3.05, 3.63) is 206 Å². The standard InChI is InChI=1S/C55H34N4O/c1-4-15-35(16-5-1)36-27-29-38(30-28-36)53-56-54(39-31-32-49-46(33-39)43-22-12-13-26-48(43)59(49)40-19-8-3-9-20-40)58-55(57-53)47-34-50-51(44-23-11-10-21-42(44)47)45-25-14-24-41(52(45)60-50)37-17-6-2-7-18-37/h1-34H. The molecule has 0 aliphatic carbocycles. The molecule has 0 fully saturated rings. The number of hydrogen-bond acceptors (Lipinski definition) is 4. The molecular weight excluding hydrogens is 733 g/mol. The van der Waals surface area contributed by atoms with Gasteiger partial charge in [-0.05, 0) is 69.9 Å². The van der Waals surface area contributed by atoms with Gasteiger partial charge >= 0.3 is 0 Å². The zero-order valence-electron chi connectivity index (χ0n) is 32.3. The minimum absolute atomic E-state index is 0.579. The van der Waals surface area contributed by atoms with Gasteiger partial charge in [0.15, 0.2) is 17.5 Å². The summed E-state index contributed by atoms with van der Waals surface area (Å²) in [6.45, 7) is 0. The molecule has 5 heteroatoms. The molecule has 12 rings (SSSR count). The van der Waals surface area contributed by atoms with E-state index in [1.54, 1.807) is 0 Å². The molecule has 0 aliphatic rings. The lowest BCUT2D eigenvalue weighted by atomic mass is 9.97. The van der Waals surface area contributed by atoms with E-state index < -0.39 is 0 Å². The van der Waals surface area contributed by atoms with Crippen LogP contribution in [0.3, 0.4) is 0 Å². The lowest BCUT2D eigenvalue weighted by Crippen LogP contribution is -2.01. The van der Waals surface area contributed by atoms with Gasteiger partial charge in [0.05, 0.1) is 11.0 Å². The summed E-state index contributed by atoms with van der Waals surface area (Å²) in [5, 5.41) is 6.58. The Morgan fingerprint density at radius 3 is 1.65 bits per heavy atom. The monoisotopic (exact) mass is 766 g/mol. The second-order valence-electron chi connectivity index (χ2n) is 15.2. The molecular formula is C55H34N4O. The molecule has 0 bridgehead atoms. The third-order valence-corrected chi connectivity index (χ3v) is 11.7. The highest BCUT2D eigenvalue weighted by atomic mass is 16.3. The van der Waals surface area contributed by atoms with Gasteiger partial charge in [0.2, 0.25) is 0 Å². The Kier molecular flexibility index (Phi) is 7.78. The van der Waals surface area contributed by atoms with Crippen molar-refractivity contribution in [1.29, 1.82) is 0 Å². The topological polar surface area (TPSA) is 56.7 Å². The van der Waals surface area contributed by atoms with Crippen molar-refractivity contribution in [1.82, 2.24) is 19.5 Å². The molecule has 5 nitrogen and oxygen atoms in total. The van der Waals surface area contributed by atoms with Crippen molar-refractivity contribution in [3.8, 4) is 62.1 Å². The van der Waals surface area contributed by atoms with Gasteiger partial charge in [0.25, 0.3) is 0 Å². The number of aromatic nitrogens is 4. The first-order chi connectivity index (χ1) is 29.7. The van der Waals surface area contributed by atoms with Gasteiger partial charge in [-0.15, -0.1) is 0 Å². The smallest absolute Gasteiger partial charge is 0.164 e. The molecule has 12 aromatic rings. The molecule has 0 spiro atoms. The summed E-state index contributed by atoms with van der Waals surface area (Å²) in [4.78, 5) is 15.8. The Hall–Kier alpha value is -8.15. The lowest BCUT2D eigenvalue weighted by Gasteiger charge is -2.12. The molecule has 0 atom stereocenters. The van der Waals surface area contributed by atoms with Crippen molar-refractivity contribution in [3.63, 3.8) is 0 Å². The van der Waals surface area contributed by atoms with Gasteiger partial charge in [0.1, 0.15) is 11.2 Å². The Bertz CT molecular complexity index is 3570. The number of fused-ring (bicyclic) bond motifs is 8. The predicted octanol–water partition coefficient (Wildman–Crippen LogP) is 14.4. The largest absolute Gasteiger partial charge is 0.455 e. The van der Waals surface area contributed by atoms with Crippen LogP contribution >= 0.6 is 0 Å². The Morgan fingerprint density at radius 1 is 0.333 bits per heavy atom. The summed E-state index contributed by atoms with van der Waals surface area (Å²) < 4.78 is 9.17. The molecule has 60 heavy (non-hydrogen) atoms. The Labute approximate surface area is 345 Å². The van der Waals surface area contributed by atoms with Gasteiger partial charge in [-0.2, -0.15) is 0 Å². The number of benzene rings is 9. The molecule has 0 amide bonds. The van der Waals surface area contributed by atoms with Crippen LogP contribution in [-0.4, -0.2) is 19.5 Å². The number of nitrogens with zero attached hydrogens (tertiary/aromatic N) is 4. The van der Waals surface area contributed by atoms with E-state index in [1.165, 1.54) is 5.39 Å². The summed E-state index contributed by atoms with van der Waals surface area (Å²) in [6, 6.07) is 72.0.